The van der Waals surface area contributed by atoms with E-state index in [1.165, 1.54) is 18.6 Å². The monoisotopic (exact) mass is 682 g/mol. The number of nitrogens with two attached hydrogens (primary N) is 2. The standard InChI is InChI=1S/C20H32N2O16P2S2/c1-3-20(33-2)16(28)9(35-17(20)7-6-42-15(10(7)21)18(22)29)5-34-40(32,41)38-39(30,31)37-19-13(27)11(25)12(26)14(36-19)8(24)4-23/h3,6,8-9,11-14,16-17,19,23-28H,1,4-5,21H2,2H3,(H2,22,29)(H,30,31)(H,32,41)/t8-,9+,11?,12?,13?,14?,16+,17-,19?,20+,40?/m0/s1. The van der Waals surface area contributed by atoms with Gasteiger partial charge in [0.1, 0.15) is 59.3 Å². The molecule has 3 rings (SSSR count). The molecule has 0 saturated carbocycles. The minimum absolute atomic E-state index is 0.0259. The fourth-order valence-electron chi connectivity index (χ4n) is 4.42. The second kappa shape index (κ2) is 13.6. The van der Waals surface area contributed by atoms with Gasteiger partial charge >= 0.3 is 14.5 Å². The minimum atomic E-state index is -5.47. The Kier molecular flexibility index (Phi) is 11.5. The number of rotatable bonds is 13. The number of aliphatic hydroxyl groups is 6. The molecule has 2 fully saturated rings. The molecule has 22 heteroatoms. The van der Waals surface area contributed by atoms with E-state index in [1.54, 1.807) is 0 Å². The number of nitrogen functional groups attached to an aromatic ring is 1. The summed E-state index contributed by atoms with van der Waals surface area (Å²) in [6.45, 7) is -2.74. The molecule has 18 nitrogen and oxygen atoms in total. The van der Waals surface area contributed by atoms with Crippen LogP contribution in [0.25, 0.3) is 0 Å². The summed E-state index contributed by atoms with van der Waals surface area (Å²) in [4.78, 5) is 32.3. The van der Waals surface area contributed by atoms with Crippen LogP contribution in [-0.2, 0) is 43.9 Å². The number of ether oxygens (including phenoxy) is 3. The van der Waals surface area contributed by atoms with Crippen LogP contribution in [0.5, 0.6) is 0 Å². The number of carbonyl (C=O) groups is 1. The molecule has 2 saturated heterocycles. The van der Waals surface area contributed by atoms with Crippen molar-refractivity contribution in [3.63, 3.8) is 0 Å². The third-order valence-electron chi connectivity index (χ3n) is 6.59. The van der Waals surface area contributed by atoms with Gasteiger partial charge in [0.2, 0.25) is 0 Å². The van der Waals surface area contributed by atoms with Crippen LogP contribution >= 0.6 is 25.9 Å². The highest BCUT2D eigenvalue weighted by molar-refractivity contribution is 8.08. The van der Waals surface area contributed by atoms with Crippen LogP contribution in [0, 0.1) is 0 Å². The molecule has 1 aromatic rings. The number of amides is 1. The zero-order valence-electron chi connectivity index (χ0n) is 21.7. The summed E-state index contributed by atoms with van der Waals surface area (Å²) in [6.07, 6.45) is -14.7. The normalized spacial score (nSPS) is 37.1. The molecule has 1 amide bonds. The van der Waals surface area contributed by atoms with Crippen LogP contribution in [0.2, 0.25) is 0 Å². The first-order valence-electron chi connectivity index (χ1n) is 11.8. The lowest BCUT2D eigenvalue weighted by atomic mass is 9.87. The van der Waals surface area contributed by atoms with Crippen LogP contribution in [-0.4, -0.2) is 121 Å². The number of phosphoric acid groups is 1. The lowest BCUT2D eigenvalue weighted by Gasteiger charge is -2.41. The molecule has 3 heterocycles. The number of phosphoric ester groups is 1. The third-order valence-corrected chi connectivity index (χ3v) is 11.1. The molecule has 2 aliphatic rings. The van der Waals surface area contributed by atoms with Crippen LogP contribution < -0.4 is 11.5 Å². The van der Waals surface area contributed by atoms with Crippen molar-refractivity contribution in [1.29, 1.82) is 0 Å². The van der Waals surface area contributed by atoms with E-state index in [9.17, 15) is 44.7 Å². The molecule has 12 N–H and O–H groups in total. The van der Waals surface area contributed by atoms with E-state index in [1.807, 2.05) is 0 Å². The summed E-state index contributed by atoms with van der Waals surface area (Å²) >= 11 is 5.69. The van der Waals surface area contributed by atoms with Gasteiger partial charge in [-0.25, -0.2) is 8.88 Å². The Labute approximate surface area is 247 Å². The lowest BCUT2D eigenvalue weighted by molar-refractivity contribution is -0.292. The maximum atomic E-state index is 12.6. The highest BCUT2D eigenvalue weighted by atomic mass is 32.5. The zero-order valence-corrected chi connectivity index (χ0v) is 25.1. The lowest BCUT2D eigenvalue weighted by Crippen LogP contribution is -2.61. The van der Waals surface area contributed by atoms with Crippen LogP contribution in [0.3, 0.4) is 0 Å². The number of anilines is 1. The van der Waals surface area contributed by atoms with Crippen molar-refractivity contribution in [2.24, 2.45) is 5.73 Å². The van der Waals surface area contributed by atoms with Gasteiger partial charge in [-0.2, -0.15) is 0 Å². The first kappa shape index (κ1) is 35.5. The van der Waals surface area contributed by atoms with E-state index in [4.69, 9.17) is 47.1 Å². The Morgan fingerprint density at radius 1 is 1.26 bits per heavy atom. The summed E-state index contributed by atoms with van der Waals surface area (Å²) in [5.74, 6) is -0.797. The number of primary amides is 1. The number of thiophene rings is 1. The molecule has 0 bridgehead atoms. The highest BCUT2D eigenvalue weighted by Gasteiger charge is 2.57. The van der Waals surface area contributed by atoms with Crippen LogP contribution in [0.1, 0.15) is 21.3 Å². The van der Waals surface area contributed by atoms with Crippen molar-refractivity contribution >= 4 is 49.3 Å². The molecule has 42 heavy (non-hydrogen) atoms. The van der Waals surface area contributed by atoms with Gasteiger partial charge < -0.3 is 70.6 Å². The third kappa shape index (κ3) is 7.12. The highest BCUT2D eigenvalue weighted by Crippen LogP contribution is 2.62. The summed E-state index contributed by atoms with van der Waals surface area (Å²) in [7, 11) is -4.23. The van der Waals surface area contributed by atoms with E-state index < -0.39 is 94.4 Å². The van der Waals surface area contributed by atoms with Gasteiger partial charge in [0, 0.05) is 12.7 Å². The van der Waals surface area contributed by atoms with E-state index in [2.05, 4.69) is 15.4 Å². The Balaban J connectivity index is 1.72. The summed E-state index contributed by atoms with van der Waals surface area (Å²) < 4.78 is 43.3. The van der Waals surface area contributed by atoms with Gasteiger partial charge in [0.05, 0.1) is 18.9 Å². The zero-order chi connectivity index (χ0) is 31.8. The molecule has 0 radical (unpaired) electrons. The number of hydrogen-bond acceptors (Lipinski definition) is 17. The predicted octanol–water partition coefficient (Wildman–Crippen LogP) is -2.67. The summed E-state index contributed by atoms with van der Waals surface area (Å²) in [6, 6.07) is 0. The Morgan fingerprint density at radius 3 is 2.43 bits per heavy atom. The Hall–Kier alpha value is -0.970. The van der Waals surface area contributed by atoms with Crippen LogP contribution in [0.15, 0.2) is 18.0 Å². The van der Waals surface area contributed by atoms with E-state index >= 15 is 0 Å². The van der Waals surface area contributed by atoms with E-state index in [0.717, 1.165) is 11.3 Å². The van der Waals surface area contributed by atoms with Crippen molar-refractivity contribution in [1.82, 2.24) is 0 Å². The molecule has 0 aliphatic carbocycles. The predicted molar refractivity (Wildman–Crippen MR) is 145 cm³/mol. The van der Waals surface area contributed by atoms with Gasteiger partial charge in [0.15, 0.2) is 6.29 Å². The average molecular weight is 683 g/mol. The maximum absolute atomic E-state index is 12.6. The smallest absolute Gasteiger partial charge is 0.397 e. The topological polar surface area (TPSA) is 303 Å². The Morgan fingerprint density at radius 2 is 1.90 bits per heavy atom. The molecule has 240 valence electrons. The quantitative estimate of drug-likeness (QED) is 0.0749. The molecular formula is C20H32N2O16P2S2. The first-order chi connectivity index (χ1) is 19.4. The second-order valence-electron chi connectivity index (χ2n) is 9.17. The number of carbonyl (C=O) groups excluding carboxylic acids is 1. The van der Waals surface area contributed by atoms with Gasteiger partial charge in [-0.15, -0.1) is 17.9 Å². The first-order valence-corrected chi connectivity index (χ1v) is 16.8. The van der Waals surface area contributed by atoms with Crippen molar-refractivity contribution in [2.45, 2.75) is 60.7 Å². The molecule has 0 spiro atoms. The van der Waals surface area contributed by atoms with E-state index in [0.29, 0.717) is 0 Å². The fourth-order valence-corrected chi connectivity index (χ4v) is 8.37. The average Bonchev–Trinajstić information content (AvgIpc) is 3.43. The van der Waals surface area contributed by atoms with Crippen molar-refractivity contribution in [2.75, 3.05) is 26.1 Å². The number of hydrogen-bond donors (Lipinski definition) is 10. The number of methoxy groups -OCH3 is 1. The molecular weight excluding hydrogens is 650 g/mol. The number of aliphatic hydroxyl groups excluding tert-OH is 6. The molecule has 7 unspecified atom stereocenters. The van der Waals surface area contributed by atoms with Gasteiger partial charge in [-0.1, -0.05) is 6.08 Å². The largest absolute Gasteiger partial charge is 0.481 e. The van der Waals surface area contributed by atoms with Gasteiger partial charge in [-0.3, -0.25) is 9.32 Å². The molecule has 2 aliphatic heterocycles. The summed E-state index contributed by atoms with van der Waals surface area (Å²) in [5.41, 5.74) is 9.93. The second-order valence-corrected chi connectivity index (χ2v) is 14.4. The molecule has 12 atom stereocenters. The SMILES string of the molecule is C=C[C@@]1(OC)[C@H](O)[C@@H](COP(O)(=S)OP(=O)(O)OC2OC([C@@H](O)CO)C(O)C(O)C2O)O[C@H]1c1csc(C(N)=O)c1N. The minimum Gasteiger partial charge on any atom is -0.397 e. The van der Waals surface area contributed by atoms with Crippen molar-refractivity contribution in [3.05, 3.63) is 28.5 Å². The summed E-state index contributed by atoms with van der Waals surface area (Å²) in [5, 5.41) is 61.4. The van der Waals surface area contributed by atoms with Gasteiger partial charge in [-0.05, 0) is 17.2 Å². The van der Waals surface area contributed by atoms with Crippen molar-refractivity contribution in [3.8, 4) is 0 Å². The van der Waals surface area contributed by atoms with Crippen molar-refractivity contribution < 1.29 is 77.4 Å². The molecule has 0 aromatic carbocycles. The Bertz CT molecular complexity index is 1240. The maximum Gasteiger partial charge on any atom is 0.481 e. The van der Waals surface area contributed by atoms with Gasteiger partial charge in [0.25, 0.3) is 5.91 Å². The fraction of sp³-hybridized carbons (Fsp3) is 0.650. The molecule has 1 aromatic heterocycles. The van der Waals surface area contributed by atoms with E-state index in [-0.39, 0.29) is 16.1 Å². The van der Waals surface area contributed by atoms with Crippen LogP contribution in [0.4, 0.5) is 5.69 Å².